The van der Waals surface area contributed by atoms with Crippen LogP contribution in [0.3, 0.4) is 0 Å². The molecule has 208 valence electrons. The summed E-state index contributed by atoms with van der Waals surface area (Å²) in [5.41, 5.74) is 2.39. The lowest BCUT2D eigenvalue weighted by Crippen LogP contribution is -2.53. The predicted octanol–water partition coefficient (Wildman–Crippen LogP) is 3.72. The molecule has 2 N–H and O–H groups in total. The van der Waals surface area contributed by atoms with Crippen molar-refractivity contribution in [3.8, 4) is 0 Å². The van der Waals surface area contributed by atoms with E-state index in [9.17, 15) is 23.2 Å². The Morgan fingerprint density at radius 2 is 1.85 bits per heavy atom. The molecule has 3 fully saturated rings. The zero-order chi connectivity index (χ0) is 27.7. The molecule has 3 aliphatic rings. The van der Waals surface area contributed by atoms with Gasteiger partial charge >= 0.3 is 6.09 Å². The molecule has 5 rings (SSSR count). The van der Waals surface area contributed by atoms with Gasteiger partial charge < -0.3 is 14.4 Å². The summed E-state index contributed by atoms with van der Waals surface area (Å²) in [7, 11) is 0. The third-order valence-corrected chi connectivity index (χ3v) is 7.73. The van der Waals surface area contributed by atoms with Gasteiger partial charge in [0.2, 0.25) is 11.8 Å². The number of hydrogen-bond donors (Lipinski definition) is 2. The van der Waals surface area contributed by atoms with E-state index in [1.165, 1.54) is 0 Å². The fourth-order valence-electron chi connectivity index (χ4n) is 5.05. The summed E-state index contributed by atoms with van der Waals surface area (Å²) in [6, 6.07) is 5.86. The number of imide groups is 1. The fourth-order valence-corrected chi connectivity index (χ4v) is 5.29. The van der Waals surface area contributed by atoms with E-state index in [1.54, 1.807) is 11.0 Å². The van der Waals surface area contributed by atoms with Crippen molar-refractivity contribution in [1.82, 2.24) is 10.2 Å². The minimum atomic E-state index is -1.06. The number of morpholine rings is 1. The molecule has 0 aliphatic carbocycles. The van der Waals surface area contributed by atoms with Gasteiger partial charge in [-0.25, -0.2) is 13.6 Å². The van der Waals surface area contributed by atoms with Crippen molar-refractivity contribution in [2.24, 2.45) is 0 Å². The zero-order valence-corrected chi connectivity index (χ0v) is 22.2. The number of hydrogen-bond acceptors (Lipinski definition) is 7. The molecule has 3 aliphatic heterocycles. The van der Waals surface area contributed by atoms with Crippen LogP contribution in [0.1, 0.15) is 35.4 Å². The molecular weight excluding hydrogens is 534 g/mol. The van der Waals surface area contributed by atoms with Crippen LogP contribution in [0.15, 0.2) is 24.3 Å². The van der Waals surface area contributed by atoms with Gasteiger partial charge in [-0.2, -0.15) is 0 Å². The Balaban J connectivity index is 1.16. The molecule has 0 spiro atoms. The molecule has 39 heavy (non-hydrogen) atoms. The number of rotatable bonds is 6. The lowest BCUT2D eigenvalue weighted by atomic mass is 9.89. The average molecular weight is 563 g/mol. The van der Waals surface area contributed by atoms with Crippen LogP contribution in [-0.2, 0) is 25.6 Å². The van der Waals surface area contributed by atoms with Crippen LogP contribution in [0.2, 0.25) is 5.02 Å². The van der Waals surface area contributed by atoms with Gasteiger partial charge in [0.1, 0.15) is 17.7 Å². The monoisotopic (exact) mass is 562 g/mol. The van der Waals surface area contributed by atoms with Crippen LogP contribution in [0, 0.1) is 18.6 Å². The summed E-state index contributed by atoms with van der Waals surface area (Å²) in [6.07, 6.45) is -1.05. The summed E-state index contributed by atoms with van der Waals surface area (Å²) in [5, 5.41) is 5.38. The Labute approximate surface area is 229 Å². The summed E-state index contributed by atoms with van der Waals surface area (Å²) in [4.78, 5) is 39.9. The van der Waals surface area contributed by atoms with E-state index in [1.807, 2.05) is 13.0 Å². The van der Waals surface area contributed by atoms with Crippen molar-refractivity contribution in [3.05, 3.63) is 57.6 Å². The summed E-state index contributed by atoms with van der Waals surface area (Å²) in [6.45, 7) is 6.13. The van der Waals surface area contributed by atoms with Crippen molar-refractivity contribution < 1.29 is 32.6 Å². The molecule has 3 heterocycles. The van der Waals surface area contributed by atoms with Crippen LogP contribution in [-0.4, -0.2) is 68.3 Å². The highest BCUT2D eigenvalue weighted by atomic mass is 35.5. The molecule has 0 saturated carbocycles. The SMILES string of the molecule is Cc1c(Cl)cc(NC(=O)OC2CN(c3cc(F)c(C4CCC(=O)NC4=O)c(F)c3)C2)cc1CN1CCOCC1. The smallest absolute Gasteiger partial charge is 0.412 e. The molecule has 2 aromatic rings. The van der Waals surface area contributed by atoms with E-state index in [4.69, 9.17) is 21.1 Å². The number of carbonyl (C=O) groups is 3. The van der Waals surface area contributed by atoms with Gasteiger partial charge in [0.15, 0.2) is 0 Å². The van der Waals surface area contributed by atoms with E-state index >= 15 is 0 Å². The Hall–Kier alpha value is -3.28. The molecule has 1 unspecified atom stereocenters. The third-order valence-electron chi connectivity index (χ3n) is 7.33. The topological polar surface area (TPSA) is 100 Å². The zero-order valence-electron chi connectivity index (χ0n) is 21.4. The first-order valence-corrected chi connectivity index (χ1v) is 13.2. The van der Waals surface area contributed by atoms with Gasteiger partial charge in [0.25, 0.3) is 0 Å². The van der Waals surface area contributed by atoms with Crippen LogP contribution in [0.4, 0.5) is 25.0 Å². The van der Waals surface area contributed by atoms with Gasteiger partial charge in [-0.1, -0.05) is 11.6 Å². The van der Waals surface area contributed by atoms with Crippen molar-refractivity contribution in [1.29, 1.82) is 0 Å². The maximum Gasteiger partial charge on any atom is 0.412 e. The van der Waals surface area contributed by atoms with Crippen LogP contribution in [0.25, 0.3) is 0 Å². The van der Waals surface area contributed by atoms with E-state index in [0.29, 0.717) is 30.5 Å². The van der Waals surface area contributed by atoms with Gasteiger partial charge in [-0.3, -0.25) is 25.1 Å². The second-order valence-corrected chi connectivity index (χ2v) is 10.4. The lowest BCUT2D eigenvalue weighted by molar-refractivity contribution is -0.134. The standard InChI is InChI=1S/C27H29ClF2N4O5/c1-15-16(12-33-4-6-38-7-5-33)8-17(9-21(15)28)31-27(37)39-19-13-34(14-19)18-10-22(29)25(23(30)11-18)20-2-3-24(35)32-26(20)36/h8-11,19-20H,2-7,12-14H2,1H3,(H,31,37)(H,32,35,36). The van der Waals surface area contributed by atoms with Gasteiger partial charge in [-0.15, -0.1) is 0 Å². The number of anilines is 2. The lowest BCUT2D eigenvalue weighted by Gasteiger charge is -2.40. The highest BCUT2D eigenvalue weighted by molar-refractivity contribution is 6.31. The normalized spacial score (nSPS) is 20.4. The number of nitrogens with zero attached hydrogens (tertiary/aromatic N) is 2. The molecule has 3 saturated heterocycles. The van der Waals surface area contributed by atoms with E-state index in [-0.39, 0.29) is 37.2 Å². The Kier molecular flexibility index (Phi) is 8.01. The summed E-state index contributed by atoms with van der Waals surface area (Å²) in [5.74, 6) is -3.93. The van der Waals surface area contributed by atoms with Crippen LogP contribution >= 0.6 is 11.6 Å². The van der Waals surface area contributed by atoms with Gasteiger partial charge in [0.05, 0.1) is 32.2 Å². The molecule has 2 aromatic carbocycles. The van der Waals surface area contributed by atoms with E-state index < -0.39 is 41.6 Å². The first-order valence-electron chi connectivity index (χ1n) is 12.8. The van der Waals surface area contributed by atoms with Gasteiger partial charge in [-0.05, 0) is 48.7 Å². The van der Waals surface area contributed by atoms with Crippen molar-refractivity contribution in [2.45, 2.75) is 38.3 Å². The van der Waals surface area contributed by atoms with Crippen molar-refractivity contribution in [2.75, 3.05) is 49.6 Å². The minimum absolute atomic E-state index is 0.0220. The molecule has 9 nitrogen and oxygen atoms in total. The Morgan fingerprint density at radius 1 is 1.15 bits per heavy atom. The molecule has 1 atom stereocenters. The maximum atomic E-state index is 14.8. The first kappa shape index (κ1) is 27.3. The molecular formula is C27H29ClF2N4O5. The number of ether oxygens (including phenoxy) is 2. The highest BCUT2D eigenvalue weighted by Gasteiger charge is 2.35. The molecule has 0 radical (unpaired) electrons. The number of nitrogens with one attached hydrogen (secondary N) is 2. The highest BCUT2D eigenvalue weighted by Crippen LogP contribution is 2.34. The second kappa shape index (κ2) is 11.4. The van der Waals surface area contributed by atoms with Crippen LogP contribution < -0.4 is 15.5 Å². The van der Waals surface area contributed by atoms with Crippen LogP contribution in [0.5, 0.6) is 0 Å². The number of halogens is 3. The average Bonchev–Trinajstić information content (AvgIpc) is 2.85. The van der Waals surface area contributed by atoms with Crippen molar-refractivity contribution >= 4 is 40.9 Å². The number of amides is 3. The second-order valence-electron chi connectivity index (χ2n) is 10.0. The predicted molar refractivity (Wildman–Crippen MR) is 140 cm³/mol. The quantitative estimate of drug-likeness (QED) is 0.518. The molecule has 12 heteroatoms. The molecule has 3 amide bonds. The number of benzene rings is 2. The Morgan fingerprint density at radius 3 is 2.51 bits per heavy atom. The fraction of sp³-hybridized carbons (Fsp3) is 0.444. The number of piperidine rings is 1. The van der Waals surface area contributed by atoms with E-state index in [2.05, 4.69) is 15.5 Å². The van der Waals surface area contributed by atoms with E-state index in [0.717, 1.165) is 36.3 Å². The maximum absolute atomic E-state index is 14.8. The minimum Gasteiger partial charge on any atom is -0.442 e. The third kappa shape index (κ3) is 6.15. The summed E-state index contributed by atoms with van der Waals surface area (Å²) >= 11 is 6.41. The summed E-state index contributed by atoms with van der Waals surface area (Å²) < 4.78 is 40.5. The van der Waals surface area contributed by atoms with Gasteiger partial charge in [0, 0.05) is 48.0 Å². The molecule has 0 bridgehead atoms. The number of carbonyl (C=O) groups excluding carboxylic acids is 3. The van der Waals surface area contributed by atoms with Crippen molar-refractivity contribution in [3.63, 3.8) is 0 Å². The largest absolute Gasteiger partial charge is 0.442 e. The Bertz CT molecular complexity index is 1270. The first-order chi connectivity index (χ1) is 18.7. The molecule has 0 aromatic heterocycles.